The van der Waals surface area contributed by atoms with Crippen LogP contribution in [0.25, 0.3) is 98.1 Å². The summed E-state index contributed by atoms with van der Waals surface area (Å²) in [5.74, 6) is 0. The van der Waals surface area contributed by atoms with Gasteiger partial charge >= 0.3 is 0 Å². The molecule has 1 nitrogen and oxygen atoms in total. The number of hydrogen-bond donors (Lipinski definition) is 0. The second-order valence-electron chi connectivity index (χ2n) is 12.0. The van der Waals surface area contributed by atoms with Gasteiger partial charge in [-0.3, -0.25) is 0 Å². The van der Waals surface area contributed by atoms with Crippen LogP contribution in [0.5, 0.6) is 0 Å². The Bertz CT molecular complexity index is 2760. The quantitative estimate of drug-likeness (QED) is 0.149. The lowest BCUT2D eigenvalue weighted by atomic mass is 9.84. The van der Waals surface area contributed by atoms with Crippen molar-refractivity contribution in [3.63, 3.8) is 0 Å². The van der Waals surface area contributed by atoms with E-state index in [0.29, 0.717) is 0 Å². The summed E-state index contributed by atoms with van der Waals surface area (Å²) in [5, 5.41) is 14.8. The highest BCUT2D eigenvalue weighted by molar-refractivity contribution is 6.26. The zero-order chi connectivity index (χ0) is 29.5. The van der Waals surface area contributed by atoms with E-state index in [9.17, 15) is 0 Å². The molecule has 0 aliphatic carbocycles. The van der Waals surface area contributed by atoms with Gasteiger partial charge in [-0.25, -0.2) is 0 Å². The van der Waals surface area contributed by atoms with E-state index in [1.807, 2.05) is 0 Å². The summed E-state index contributed by atoms with van der Waals surface area (Å²) in [5.41, 5.74) is 6.87. The van der Waals surface area contributed by atoms with Crippen LogP contribution >= 0.6 is 0 Å². The SMILES string of the molecule is c1ccc2c(c1)ccc1c3cc(-c4c5ccccc5c(-c5cccc6ccc7ccccc7c56)c5ccccc45)ccc3oc21. The highest BCUT2D eigenvalue weighted by atomic mass is 16.3. The maximum atomic E-state index is 6.48. The average molecular weight is 571 g/mol. The monoisotopic (exact) mass is 570 g/mol. The maximum Gasteiger partial charge on any atom is 0.143 e. The van der Waals surface area contributed by atoms with Crippen molar-refractivity contribution < 1.29 is 4.42 Å². The van der Waals surface area contributed by atoms with Crippen LogP contribution in [0.3, 0.4) is 0 Å². The highest BCUT2D eigenvalue weighted by Crippen LogP contribution is 2.47. The molecule has 1 heterocycles. The van der Waals surface area contributed by atoms with Gasteiger partial charge in [-0.15, -0.1) is 0 Å². The summed E-state index contributed by atoms with van der Waals surface area (Å²) in [6.45, 7) is 0. The van der Waals surface area contributed by atoms with E-state index in [1.54, 1.807) is 0 Å². The third-order valence-electron chi connectivity index (χ3n) is 9.62. The Labute approximate surface area is 259 Å². The molecule has 0 atom stereocenters. The average Bonchev–Trinajstić information content (AvgIpc) is 3.49. The predicted octanol–water partition coefficient (Wildman–Crippen LogP) is 12.7. The van der Waals surface area contributed by atoms with Gasteiger partial charge in [0.2, 0.25) is 0 Å². The lowest BCUT2D eigenvalue weighted by molar-refractivity contribution is 0.672. The molecule has 0 aliphatic rings. The van der Waals surface area contributed by atoms with Crippen LogP contribution < -0.4 is 0 Å². The van der Waals surface area contributed by atoms with Crippen molar-refractivity contribution in [1.29, 1.82) is 0 Å². The van der Waals surface area contributed by atoms with Crippen LogP contribution in [0.4, 0.5) is 0 Å². The van der Waals surface area contributed by atoms with Crippen LogP contribution in [-0.4, -0.2) is 0 Å². The van der Waals surface area contributed by atoms with E-state index >= 15 is 0 Å². The number of hydrogen-bond acceptors (Lipinski definition) is 1. The number of fused-ring (bicyclic) bond motifs is 10. The molecule has 1 heteroatoms. The molecule has 0 N–H and O–H groups in total. The van der Waals surface area contributed by atoms with Crippen molar-refractivity contribution in [1.82, 2.24) is 0 Å². The molecule has 1 aromatic heterocycles. The van der Waals surface area contributed by atoms with Gasteiger partial charge in [0.15, 0.2) is 0 Å². The number of benzene rings is 9. The molecule has 10 rings (SSSR count). The molecule has 0 aliphatic heterocycles. The van der Waals surface area contributed by atoms with Crippen LogP contribution in [0.1, 0.15) is 0 Å². The Morgan fingerprint density at radius 1 is 0.333 bits per heavy atom. The molecular weight excluding hydrogens is 544 g/mol. The van der Waals surface area contributed by atoms with Crippen LogP contribution in [-0.2, 0) is 0 Å². The van der Waals surface area contributed by atoms with Gasteiger partial charge in [0.25, 0.3) is 0 Å². The van der Waals surface area contributed by atoms with Crippen LogP contribution in [0.2, 0.25) is 0 Å². The molecule has 0 unspecified atom stereocenters. The summed E-state index contributed by atoms with van der Waals surface area (Å²) in [7, 11) is 0. The fourth-order valence-corrected chi connectivity index (χ4v) is 7.66. The van der Waals surface area contributed by atoms with Gasteiger partial charge in [0.05, 0.1) is 0 Å². The van der Waals surface area contributed by atoms with Crippen LogP contribution in [0, 0.1) is 0 Å². The van der Waals surface area contributed by atoms with E-state index in [2.05, 4.69) is 158 Å². The lowest BCUT2D eigenvalue weighted by Gasteiger charge is -2.19. The first-order chi connectivity index (χ1) is 22.3. The zero-order valence-corrected chi connectivity index (χ0v) is 24.4. The first-order valence-corrected chi connectivity index (χ1v) is 15.5. The Morgan fingerprint density at radius 2 is 0.889 bits per heavy atom. The summed E-state index contributed by atoms with van der Waals surface area (Å²) in [6, 6.07) is 57.4. The lowest BCUT2D eigenvalue weighted by Crippen LogP contribution is -1.92. The maximum absolute atomic E-state index is 6.48. The third-order valence-corrected chi connectivity index (χ3v) is 9.62. The molecule has 45 heavy (non-hydrogen) atoms. The molecule has 0 radical (unpaired) electrons. The third kappa shape index (κ3) is 3.50. The number of furan rings is 1. The number of rotatable bonds is 2. The second-order valence-corrected chi connectivity index (χ2v) is 12.0. The Hall–Kier alpha value is -5.92. The van der Waals surface area contributed by atoms with Crippen molar-refractivity contribution >= 4 is 75.8 Å². The standard InChI is InChI=1S/C44H26O/c1-3-13-31-27(10-1)20-21-29-12-9-19-38(41(29)31)43-35-17-7-5-15-33(35)42(34-16-6-8-18-36(34)43)30-23-25-40-39(26-30)37-24-22-28-11-2-4-14-32(28)44(37)45-40/h1-26H. The Morgan fingerprint density at radius 3 is 1.62 bits per heavy atom. The molecule has 0 bridgehead atoms. The van der Waals surface area contributed by atoms with E-state index in [4.69, 9.17) is 4.42 Å². The second kappa shape index (κ2) is 9.29. The van der Waals surface area contributed by atoms with Gasteiger partial charge in [0, 0.05) is 16.2 Å². The molecule has 0 fully saturated rings. The molecule has 9 aromatic carbocycles. The summed E-state index contributed by atoms with van der Waals surface area (Å²) < 4.78 is 6.48. The Balaban J connectivity index is 1.32. The summed E-state index contributed by atoms with van der Waals surface area (Å²) >= 11 is 0. The van der Waals surface area contributed by atoms with Gasteiger partial charge < -0.3 is 4.42 Å². The van der Waals surface area contributed by atoms with Crippen LogP contribution in [0.15, 0.2) is 162 Å². The molecule has 10 aromatic rings. The van der Waals surface area contributed by atoms with E-state index in [-0.39, 0.29) is 0 Å². The van der Waals surface area contributed by atoms with E-state index in [0.717, 1.165) is 27.3 Å². The molecule has 0 amide bonds. The molecule has 0 spiro atoms. The van der Waals surface area contributed by atoms with Crippen molar-refractivity contribution in [2.45, 2.75) is 0 Å². The minimum Gasteiger partial charge on any atom is -0.455 e. The van der Waals surface area contributed by atoms with E-state index < -0.39 is 0 Å². The largest absolute Gasteiger partial charge is 0.455 e. The molecular formula is C44H26O. The highest BCUT2D eigenvalue weighted by Gasteiger charge is 2.20. The van der Waals surface area contributed by atoms with Gasteiger partial charge in [-0.2, -0.15) is 0 Å². The van der Waals surface area contributed by atoms with E-state index in [1.165, 1.54) is 70.7 Å². The summed E-state index contributed by atoms with van der Waals surface area (Å²) in [4.78, 5) is 0. The van der Waals surface area contributed by atoms with Crippen molar-refractivity contribution in [3.8, 4) is 22.3 Å². The fraction of sp³-hybridized carbons (Fsp3) is 0. The minimum atomic E-state index is 0.915. The molecule has 208 valence electrons. The fourth-order valence-electron chi connectivity index (χ4n) is 7.66. The normalized spacial score (nSPS) is 12.0. The Kier molecular flexibility index (Phi) is 5.06. The minimum absolute atomic E-state index is 0.915. The van der Waals surface area contributed by atoms with Crippen molar-refractivity contribution in [2.75, 3.05) is 0 Å². The van der Waals surface area contributed by atoms with Gasteiger partial charge in [-0.05, 0) is 88.9 Å². The smallest absolute Gasteiger partial charge is 0.143 e. The zero-order valence-electron chi connectivity index (χ0n) is 24.4. The topological polar surface area (TPSA) is 13.1 Å². The van der Waals surface area contributed by atoms with Gasteiger partial charge in [0.1, 0.15) is 11.2 Å². The first kappa shape index (κ1) is 24.5. The molecule has 0 saturated heterocycles. The predicted molar refractivity (Wildman–Crippen MR) is 192 cm³/mol. The van der Waals surface area contributed by atoms with Crippen molar-refractivity contribution in [3.05, 3.63) is 158 Å². The van der Waals surface area contributed by atoms with Crippen molar-refractivity contribution in [2.24, 2.45) is 0 Å². The summed E-state index contributed by atoms with van der Waals surface area (Å²) in [6.07, 6.45) is 0. The molecule has 0 saturated carbocycles. The van der Waals surface area contributed by atoms with Gasteiger partial charge in [-0.1, -0.05) is 140 Å². The first-order valence-electron chi connectivity index (χ1n) is 15.5.